The van der Waals surface area contributed by atoms with Crippen LogP contribution in [0.15, 0.2) is 28.8 Å². The molecule has 1 aliphatic carbocycles. The first kappa shape index (κ1) is 17.4. The molecule has 1 amide bonds. The highest BCUT2D eigenvalue weighted by atomic mass is 19.4. The predicted octanol–water partition coefficient (Wildman–Crippen LogP) is 3.07. The van der Waals surface area contributed by atoms with Crippen LogP contribution in [0.4, 0.5) is 18.9 Å². The average Bonchev–Trinajstić information content (AvgIpc) is 3.24. The van der Waals surface area contributed by atoms with Crippen LogP contribution in [0.25, 0.3) is 11.4 Å². The van der Waals surface area contributed by atoms with E-state index in [1.807, 2.05) is 0 Å². The highest BCUT2D eigenvalue weighted by Gasteiger charge is 2.38. The number of alkyl halides is 3. The van der Waals surface area contributed by atoms with Crippen molar-refractivity contribution in [3.63, 3.8) is 0 Å². The first-order valence-electron chi connectivity index (χ1n) is 7.90. The summed E-state index contributed by atoms with van der Waals surface area (Å²) in [6.07, 6.45) is -1.93. The van der Waals surface area contributed by atoms with Gasteiger partial charge in [0.2, 0.25) is 11.7 Å². The minimum Gasteiger partial charge on any atom is -0.330 e. The summed E-state index contributed by atoms with van der Waals surface area (Å²) in [5.41, 5.74) is 6.60. The largest absolute Gasteiger partial charge is 0.471 e. The molecule has 134 valence electrons. The van der Waals surface area contributed by atoms with Crippen molar-refractivity contribution >= 4 is 11.6 Å². The number of anilines is 1. The Labute approximate surface area is 141 Å². The van der Waals surface area contributed by atoms with E-state index in [-0.39, 0.29) is 23.6 Å². The molecular formula is C16H17F3N4O2. The van der Waals surface area contributed by atoms with Gasteiger partial charge in [-0.05, 0) is 49.6 Å². The Kier molecular flexibility index (Phi) is 4.76. The third kappa shape index (κ3) is 3.81. The molecule has 0 bridgehead atoms. The van der Waals surface area contributed by atoms with Crippen LogP contribution in [-0.2, 0) is 11.0 Å². The van der Waals surface area contributed by atoms with Gasteiger partial charge in [0.25, 0.3) is 0 Å². The highest BCUT2D eigenvalue weighted by molar-refractivity contribution is 5.93. The zero-order valence-electron chi connectivity index (χ0n) is 13.2. The lowest BCUT2D eigenvalue weighted by molar-refractivity contribution is -0.159. The van der Waals surface area contributed by atoms with Crippen molar-refractivity contribution in [2.24, 2.45) is 17.6 Å². The van der Waals surface area contributed by atoms with Crippen LogP contribution in [0, 0.1) is 11.8 Å². The fraction of sp³-hybridized carbons (Fsp3) is 0.438. The van der Waals surface area contributed by atoms with Gasteiger partial charge in [-0.1, -0.05) is 11.6 Å². The Hall–Kier alpha value is -2.42. The molecule has 0 spiro atoms. The van der Waals surface area contributed by atoms with Crippen molar-refractivity contribution in [3.05, 3.63) is 30.2 Å². The quantitative estimate of drug-likeness (QED) is 0.880. The number of nitrogens with one attached hydrogen (secondary N) is 1. The summed E-state index contributed by atoms with van der Waals surface area (Å²) >= 11 is 0. The molecule has 1 aliphatic rings. The second-order valence-corrected chi connectivity index (χ2v) is 6.02. The number of rotatable bonds is 4. The zero-order valence-corrected chi connectivity index (χ0v) is 13.2. The first-order valence-corrected chi connectivity index (χ1v) is 7.90. The fourth-order valence-electron chi connectivity index (χ4n) is 3.06. The van der Waals surface area contributed by atoms with E-state index in [1.54, 1.807) is 12.1 Å². The number of amides is 1. The van der Waals surface area contributed by atoms with Gasteiger partial charge in [-0.25, -0.2) is 0 Å². The Morgan fingerprint density at radius 1 is 1.28 bits per heavy atom. The minimum atomic E-state index is -4.68. The van der Waals surface area contributed by atoms with Gasteiger partial charge in [-0.2, -0.15) is 18.2 Å². The normalized spacial score (nSPS) is 20.6. The van der Waals surface area contributed by atoms with E-state index in [0.29, 0.717) is 17.8 Å². The van der Waals surface area contributed by atoms with Gasteiger partial charge >= 0.3 is 12.1 Å². The zero-order chi connectivity index (χ0) is 18.0. The van der Waals surface area contributed by atoms with E-state index in [0.717, 1.165) is 19.3 Å². The van der Waals surface area contributed by atoms with Gasteiger partial charge in [0.05, 0.1) is 0 Å². The van der Waals surface area contributed by atoms with Gasteiger partial charge in [-0.15, -0.1) is 0 Å². The second kappa shape index (κ2) is 6.83. The van der Waals surface area contributed by atoms with Gasteiger partial charge in [0.15, 0.2) is 0 Å². The second-order valence-electron chi connectivity index (χ2n) is 6.02. The van der Waals surface area contributed by atoms with E-state index >= 15 is 0 Å². The van der Waals surface area contributed by atoms with Gasteiger partial charge < -0.3 is 15.6 Å². The molecule has 1 heterocycles. The minimum absolute atomic E-state index is 0.0837. The van der Waals surface area contributed by atoms with E-state index in [4.69, 9.17) is 5.73 Å². The fourth-order valence-corrected chi connectivity index (χ4v) is 3.06. The topological polar surface area (TPSA) is 94.0 Å². The van der Waals surface area contributed by atoms with Crippen molar-refractivity contribution < 1.29 is 22.5 Å². The van der Waals surface area contributed by atoms with Crippen LogP contribution in [0.5, 0.6) is 0 Å². The number of carbonyl (C=O) groups is 1. The molecule has 0 saturated heterocycles. The van der Waals surface area contributed by atoms with Crippen LogP contribution in [0.1, 0.15) is 25.2 Å². The van der Waals surface area contributed by atoms with Gasteiger partial charge in [0.1, 0.15) is 0 Å². The molecule has 3 rings (SSSR count). The number of benzene rings is 1. The third-order valence-corrected chi connectivity index (χ3v) is 4.38. The number of nitrogens with zero attached hydrogens (tertiary/aromatic N) is 2. The molecule has 1 aromatic carbocycles. The maximum atomic E-state index is 12.5. The SMILES string of the molecule is NC[C@H]1CCC[C@H]1C(=O)Nc1ccc(-c2noc(C(F)(F)F)n2)cc1. The third-order valence-electron chi connectivity index (χ3n) is 4.38. The molecule has 1 fully saturated rings. The monoisotopic (exact) mass is 354 g/mol. The number of aromatic nitrogens is 2. The molecule has 1 saturated carbocycles. The molecule has 2 atom stereocenters. The van der Waals surface area contributed by atoms with E-state index in [9.17, 15) is 18.0 Å². The highest BCUT2D eigenvalue weighted by Crippen LogP contribution is 2.32. The van der Waals surface area contributed by atoms with E-state index in [1.165, 1.54) is 12.1 Å². The standard InChI is InChI=1S/C16H17F3N4O2/c17-16(18,19)15-22-13(23-25-15)9-4-6-11(7-5-9)21-14(24)12-3-1-2-10(12)8-20/h4-7,10,12H,1-3,8,20H2,(H,21,24)/t10-,12-/m1/s1. The lowest BCUT2D eigenvalue weighted by Crippen LogP contribution is -2.29. The molecule has 25 heavy (non-hydrogen) atoms. The first-order chi connectivity index (χ1) is 11.9. The van der Waals surface area contributed by atoms with Crippen LogP contribution in [0.2, 0.25) is 0 Å². The van der Waals surface area contributed by atoms with Crippen molar-refractivity contribution in [1.82, 2.24) is 10.1 Å². The summed E-state index contributed by atoms with van der Waals surface area (Å²) < 4.78 is 41.6. The number of carbonyl (C=O) groups excluding carboxylic acids is 1. The summed E-state index contributed by atoms with van der Waals surface area (Å²) in [6, 6.07) is 6.22. The van der Waals surface area contributed by atoms with Crippen LogP contribution in [-0.4, -0.2) is 22.6 Å². The molecule has 6 nitrogen and oxygen atoms in total. The molecule has 0 unspecified atom stereocenters. The summed E-state index contributed by atoms with van der Waals surface area (Å²) in [7, 11) is 0. The molecule has 1 aromatic heterocycles. The predicted molar refractivity (Wildman–Crippen MR) is 83.3 cm³/mol. The maximum Gasteiger partial charge on any atom is 0.471 e. The summed E-state index contributed by atoms with van der Waals surface area (Å²) in [4.78, 5) is 15.6. The van der Waals surface area contributed by atoms with Gasteiger partial charge in [-0.3, -0.25) is 4.79 Å². The molecule has 0 aliphatic heterocycles. The van der Waals surface area contributed by atoms with Crippen LogP contribution in [0.3, 0.4) is 0 Å². The average molecular weight is 354 g/mol. The van der Waals surface area contributed by atoms with Crippen molar-refractivity contribution in [3.8, 4) is 11.4 Å². The number of halogens is 3. The van der Waals surface area contributed by atoms with Crippen molar-refractivity contribution in [1.29, 1.82) is 0 Å². The Balaban J connectivity index is 1.68. The molecule has 3 N–H and O–H groups in total. The Morgan fingerprint density at radius 2 is 2.00 bits per heavy atom. The number of nitrogens with two attached hydrogens (primary N) is 1. The Bertz CT molecular complexity index is 743. The van der Waals surface area contributed by atoms with Crippen LogP contribution >= 0.6 is 0 Å². The molecule has 9 heteroatoms. The molecule has 2 aromatic rings. The van der Waals surface area contributed by atoms with Crippen molar-refractivity contribution in [2.75, 3.05) is 11.9 Å². The maximum absolute atomic E-state index is 12.5. The summed E-state index contributed by atoms with van der Waals surface area (Å²) in [5, 5.41) is 6.14. The molecular weight excluding hydrogens is 337 g/mol. The van der Waals surface area contributed by atoms with Crippen molar-refractivity contribution in [2.45, 2.75) is 25.4 Å². The smallest absolute Gasteiger partial charge is 0.330 e. The lowest BCUT2D eigenvalue weighted by atomic mass is 9.95. The van der Waals surface area contributed by atoms with Gasteiger partial charge in [0, 0.05) is 17.2 Å². The van der Waals surface area contributed by atoms with E-state index in [2.05, 4.69) is 20.0 Å². The van der Waals surface area contributed by atoms with Crippen LogP contribution < -0.4 is 11.1 Å². The van der Waals surface area contributed by atoms with E-state index < -0.39 is 12.1 Å². The Morgan fingerprint density at radius 3 is 2.60 bits per heavy atom. The molecule has 0 radical (unpaired) electrons. The summed E-state index contributed by atoms with van der Waals surface area (Å²) in [6.45, 7) is 0.483. The number of hydrogen-bond donors (Lipinski definition) is 2. The summed E-state index contributed by atoms with van der Waals surface area (Å²) in [5.74, 6) is -1.55. The lowest BCUT2D eigenvalue weighted by Gasteiger charge is -2.17. The number of hydrogen-bond acceptors (Lipinski definition) is 5.